The highest BCUT2D eigenvalue weighted by atomic mass is 19.1. The van der Waals surface area contributed by atoms with Crippen LogP contribution in [0.15, 0.2) is 35.6 Å². The van der Waals surface area contributed by atoms with Gasteiger partial charge in [0.25, 0.3) is 5.56 Å². The lowest BCUT2D eigenvalue weighted by Crippen LogP contribution is -2.34. The molecular formula is C17H17FN8O. The van der Waals surface area contributed by atoms with Gasteiger partial charge in [-0.25, -0.2) is 29.0 Å². The number of benzene rings is 1. The Labute approximate surface area is 152 Å². The monoisotopic (exact) mass is 368 g/mol. The number of nitrogens with zero attached hydrogens (tertiary/aromatic N) is 5. The van der Waals surface area contributed by atoms with E-state index in [-0.39, 0.29) is 11.4 Å². The number of hydrogen-bond acceptors (Lipinski definition) is 7. The van der Waals surface area contributed by atoms with Crippen molar-refractivity contribution < 1.29 is 4.39 Å². The van der Waals surface area contributed by atoms with Crippen molar-refractivity contribution in [2.24, 2.45) is 0 Å². The smallest absolute Gasteiger partial charge is 0.283 e. The topological polar surface area (TPSA) is 113 Å². The van der Waals surface area contributed by atoms with Crippen LogP contribution >= 0.6 is 0 Å². The molecule has 1 unspecified atom stereocenters. The minimum atomic E-state index is -0.600. The lowest BCUT2D eigenvalue weighted by molar-refractivity contribution is 0.619. The summed E-state index contributed by atoms with van der Waals surface area (Å²) in [6, 6.07) is 4.04. The van der Waals surface area contributed by atoms with E-state index in [2.05, 4.69) is 35.7 Å². The third-order valence-electron chi connectivity index (χ3n) is 4.35. The highest BCUT2D eigenvalue weighted by molar-refractivity contribution is 5.82. The van der Waals surface area contributed by atoms with Crippen LogP contribution in [0.1, 0.15) is 25.2 Å². The van der Waals surface area contributed by atoms with Gasteiger partial charge >= 0.3 is 0 Å². The number of aromatic nitrogens is 6. The average molecular weight is 368 g/mol. The first-order chi connectivity index (χ1) is 13.1. The molecule has 0 radical (unpaired) electrons. The lowest BCUT2D eigenvalue weighted by atomic mass is 10.1. The standard InChI is InChI=1S/C17H17FN8O/c1-3-10(24-15-13-14(21-7-20-13)22-8-23-15)16-25-11-6-4-5-9(18)12(11)17(27)26(16)19-2/h4-8,10,19H,3H2,1-2H3,(H2,20,21,22,23,24). The van der Waals surface area contributed by atoms with Crippen LogP contribution in [-0.2, 0) is 0 Å². The van der Waals surface area contributed by atoms with Gasteiger partial charge in [0.15, 0.2) is 17.3 Å². The minimum Gasteiger partial charge on any atom is -0.358 e. The van der Waals surface area contributed by atoms with Crippen molar-refractivity contribution in [1.29, 1.82) is 0 Å². The summed E-state index contributed by atoms with van der Waals surface area (Å²) in [6.07, 6.45) is 3.55. The molecule has 0 saturated heterocycles. The molecule has 3 aromatic heterocycles. The van der Waals surface area contributed by atoms with Crippen molar-refractivity contribution in [3.05, 3.63) is 52.8 Å². The maximum absolute atomic E-state index is 14.1. The number of rotatable bonds is 5. The molecule has 0 spiro atoms. The van der Waals surface area contributed by atoms with E-state index in [9.17, 15) is 9.18 Å². The van der Waals surface area contributed by atoms with Gasteiger partial charge in [-0.15, -0.1) is 0 Å². The van der Waals surface area contributed by atoms with Crippen LogP contribution in [0.2, 0.25) is 0 Å². The van der Waals surface area contributed by atoms with Gasteiger partial charge < -0.3 is 15.7 Å². The molecule has 0 bridgehead atoms. The third-order valence-corrected chi connectivity index (χ3v) is 4.35. The number of anilines is 1. The number of H-pyrrole nitrogens is 1. The zero-order valence-corrected chi connectivity index (χ0v) is 14.7. The summed E-state index contributed by atoms with van der Waals surface area (Å²) in [5, 5.41) is 3.22. The van der Waals surface area contributed by atoms with Crippen molar-refractivity contribution in [3.8, 4) is 0 Å². The van der Waals surface area contributed by atoms with Crippen LogP contribution in [0.25, 0.3) is 22.1 Å². The molecule has 1 aromatic carbocycles. The van der Waals surface area contributed by atoms with Crippen LogP contribution in [0.3, 0.4) is 0 Å². The molecule has 10 heteroatoms. The van der Waals surface area contributed by atoms with Gasteiger partial charge in [-0.2, -0.15) is 0 Å². The number of hydrogen-bond donors (Lipinski definition) is 3. The third kappa shape index (κ3) is 2.75. The predicted molar refractivity (Wildman–Crippen MR) is 99.6 cm³/mol. The normalized spacial score (nSPS) is 12.4. The van der Waals surface area contributed by atoms with Crippen LogP contribution in [-0.4, -0.2) is 36.6 Å². The molecule has 9 nitrogen and oxygen atoms in total. The summed E-state index contributed by atoms with van der Waals surface area (Å²) < 4.78 is 15.4. The van der Waals surface area contributed by atoms with Crippen molar-refractivity contribution in [2.45, 2.75) is 19.4 Å². The van der Waals surface area contributed by atoms with E-state index in [0.717, 1.165) is 0 Å². The molecule has 0 aliphatic rings. The van der Waals surface area contributed by atoms with Gasteiger partial charge in [-0.05, 0) is 18.6 Å². The molecule has 3 heterocycles. The zero-order chi connectivity index (χ0) is 19.0. The fraction of sp³-hybridized carbons (Fsp3) is 0.235. The summed E-state index contributed by atoms with van der Waals surface area (Å²) in [4.78, 5) is 32.8. The van der Waals surface area contributed by atoms with E-state index in [4.69, 9.17) is 0 Å². The molecule has 27 heavy (non-hydrogen) atoms. The van der Waals surface area contributed by atoms with Crippen LogP contribution in [0.4, 0.5) is 10.2 Å². The van der Waals surface area contributed by atoms with Gasteiger partial charge in [-0.3, -0.25) is 4.79 Å². The highest BCUT2D eigenvalue weighted by Crippen LogP contribution is 2.24. The van der Waals surface area contributed by atoms with Gasteiger partial charge in [-0.1, -0.05) is 13.0 Å². The predicted octanol–water partition coefficient (Wildman–Crippen LogP) is 1.94. The SMILES string of the molecule is CCC(Nc1ncnc2nc[nH]c12)c1nc2cccc(F)c2c(=O)n1NC. The Hall–Kier alpha value is -3.56. The maximum Gasteiger partial charge on any atom is 0.283 e. The Morgan fingerprint density at radius 1 is 1.30 bits per heavy atom. The molecule has 4 rings (SSSR count). The summed E-state index contributed by atoms with van der Waals surface area (Å²) in [5.74, 6) is 0.367. The Morgan fingerprint density at radius 2 is 2.15 bits per heavy atom. The Kier molecular flexibility index (Phi) is 4.15. The summed E-state index contributed by atoms with van der Waals surface area (Å²) >= 11 is 0. The van der Waals surface area contributed by atoms with Crippen molar-refractivity contribution in [2.75, 3.05) is 17.8 Å². The fourth-order valence-electron chi connectivity index (χ4n) is 3.05. The molecule has 0 aliphatic carbocycles. The number of imidazole rings is 1. The van der Waals surface area contributed by atoms with Crippen LogP contribution in [0.5, 0.6) is 0 Å². The molecule has 4 aromatic rings. The van der Waals surface area contributed by atoms with E-state index in [1.165, 1.54) is 29.5 Å². The second-order valence-electron chi connectivity index (χ2n) is 5.90. The van der Waals surface area contributed by atoms with Crippen LogP contribution in [0, 0.1) is 5.82 Å². The maximum atomic E-state index is 14.1. The van der Waals surface area contributed by atoms with Crippen LogP contribution < -0.4 is 16.3 Å². The van der Waals surface area contributed by atoms with E-state index in [0.29, 0.717) is 34.7 Å². The van der Waals surface area contributed by atoms with E-state index < -0.39 is 11.4 Å². The first-order valence-corrected chi connectivity index (χ1v) is 8.43. The largest absolute Gasteiger partial charge is 0.358 e. The highest BCUT2D eigenvalue weighted by Gasteiger charge is 2.21. The molecular weight excluding hydrogens is 351 g/mol. The fourth-order valence-corrected chi connectivity index (χ4v) is 3.05. The van der Waals surface area contributed by atoms with Gasteiger partial charge in [0.1, 0.15) is 23.0 Å². The molecule has 0 aliphatic heterocycles. The number of aromatic amines is 1. The lowest BCUT2D eigenvalue weighted by Gasteiger charge is -2.21. The van der Waals surface area contributed by atoms with E-state index in [1.54, 1.807) is 13.1 Å². The van der Waals surface area contributed by atoms with Crippen molar-refractivity contribution >= 4 is 27.9 Å². The molecule has 0 amide bonds. The Morgan fingerprint density at radius 3 is 2.93 bits per heavy atom. The summed E-state index contributed by atoms with van der Waals surface area (Å²) in [5.41, 5.74) is 3.79. The quantitative estimate of drug-likeness (QED) is 0.493. The second kappa shape index (κ2) is 6.63. The Balaban J connectivity index is 1.86. The molecule has 138 valence electrons. The van der Waals surface area contributed by atoms with E-state index in [1.807, 2.05) is 6.92 Å². The minimum absolute atomic E-state index is 0.0524. The molecule has 0 saturated carbocycles. The number of halogens is 1. The number of fused-ring (bicyclic) bond motifs is 2. The van der Waals surface area contributed by atoms with Gasteiger partial charge in [0.2, 0.25) is 0 Å². The van der Waals surface area contributed by atoms with Gasteiger partial charge in [0.05, 0.1) is 17.9 Å². The molecule has 0 fully saturated rings. The first kappa shape index (κ1) is 16.9. The molecule has 3 N–H and O–H groups in total. The number of nitrogens with one attached hydrogen (secondary N) is 3. The second-order valence-corrected chi connectivity index (χ2v) is 5.90. The molecule has 1 atom stereocenters. The van der Waals surface area contributed by atoms with Crippen molar-refractivity contribution in [3.63, 3.8) is 0 Å². The summed E-state index contributed by atoms with van der Waals surface area (Å²) in [6.45, 7) is 1.95. The van der Waals surface area contributed by atoms with Gasteiger partial charge in [0, 0.05) is 7.05 Å². The Bertz CT molecular complexity index is 1180. The summed E-state index contributed by atoms with van der Waals surface area (Å²) in [7, 11) is 1.59. The first-order valence-electron chi connectivity index (χ1n) is 8.43. The van der Waals surface area contributed by atoms with E-state index >= 15 is 0 Å². The van der Waals surface area contributed by atoms with Crippen molar-refractivity contribution in [1.82, 2.24) is 29.6 Å². The zero-order valence-electron chi connectivity index (χ0n) is 14.7. The average Bonchev–Trinajstić information content (AvgIpc) is 3.15.